The maximum atomic E-state index is 11.7. The molecule has 0 saturated carbocycles. The van der Waals surface area contributed by atoms with Gasteiger partial charge in [0, 0.05) is 0 Å². The Balaban J connectivity index is 2.26. The van der Waals surface area contributed by atoms with Crippen molar-refractivity contribution in [1.82, 2.24) is 0 Å². The van der Waals surface area contributed by atoms with Gasteiger partial charge in [-0.25, -0.2) is 4.79 Å². The van der Waals surface area contributed by atoms with Crippen LogP contribution in [0.2, 0.25) is 0 Å². The molecule has 20 heavy (non-hydrogen) atoms. The lowest BCUT2D eigenvalue weighted by Gasteiger charge is -2.07. The molecule has 3 nitrogen and oxygen atoms in total. The fourth-order valence-electron chi connectivity index (χ4n) is 1.93. The number of hydrogen-bond donors (Lipinski definition) is 1. The van der Waals surface area contributed by atoms with Crippen molar-refractivity contribution in [2.75, 3.05) is 6.61 Å². The summed E-state index contributed by atoms with van der Waals surface area (Å²) in [6.07, 6.45) is 0.787. The van der Waals surface area contributed by atoms with Gasteiger partial charge in [0.05, 0.1) is 12.9 Å². The van der Waals surface area contributed by atoms with Crippen LogP contribution in [-0.2, 0) is 9.53 Å². The molecule has 0 saturated heterocycles. The third-order valence-corrected chi connectivity index (χ3v) is 2.93. The quantitative estimate of drug-likeness (QED) is 0.521. The first-order valence-electron chi connectivity index (χ1n) is 6.43. The molecule has 0 aliphatic heterocycles. The van der Waals surface area contributed by atoms with Gasteiger partial charge in [-0.15, -0.1) is 0 Å². The number of benzene rings is 2. The van der Waals surface area contributed by atoms with Crippen molar-refractivity contribution < 1.29 is 14.6 Å². The third-order valence-electron chi connectivity index (χ3n) is 2.93. The van der Waals surface area contributed by atoms with Crippen LogP contribution in [0.25, 0.3) is 16.7 Å². The van der Waals surface area contributed by atoms with Crippen molar-refractivity contribution in [2.45, 2.75) is 6.92 Å². The second-order valence-electron chi connectivity index (χ2n) is 4.21. The van der Waals surface area contributed by atoms with Crippen LogP contribution in [0, 0.1) is 0 Å². The number of ether oxygens (including phenoxy) is 1. The second kappa shape index (κ2) is 6.57. The van der Waals surface area contributed by atoms with Crippen molar-refractivity contribution in [3.05, 3.63) is 66.4 Å². The average Bonchev–Trinajstić information content (AvgIpc) is 2.50. The molecule has 0 amide bonds. The molecule has 0 aromatic heterocycles. The topological polar surface area (TPSA) is 46.5 Å². The standard InChI is InChI=1S/C17H16O3/c1-2-20-17(19)16(12-18)15-10-8-14(9-11-15)13-6-4-3-5-7-13/h3-12,18H,2H2,1H3/b16-12+. The number of hydrogen-bond acceptors (Lipinski definition) is 3. The molecular formula is C17H16O3. The summed E-state index contributed by atoms with van der Waals surface area (Å²) >= 11 is 0. The highest BCUT2D eigenvalue weighted by molar-refractivity contribution is 6.16. The van der Waals surface area contributed by atoms with E-state index in [-0.39, 0.29) is 12.2 Å². The molecule has 0 atom stereocenters. The SMILES string of the molecule is CCOC(=O)/C(=C/O)c1ccc(-c2ccccc2)cc1. The number of esters is 1. The van der Waals surface area contributed by atoms with Gasteiger partial charge in [-0.1, -0.05) is 54.6 Å². The molecule has 1 N–H and O–H groups in total. The van der Waals surface area contributed by atoms with Crippen molar-refractivity contribution in [1.29, 1.82) is 0 Å². The van der Waals surface area contributed by atoms with Crippen molar-refractivity contribution in [3.63, 3.8) is 0 Å². The van der Waals surface area contributed by atoms with Crippen LogP contribution in [0.3, 0.4) is 0 Å². The van der Waals surface area contributed by atoms with E-state index < -0.39 is 5.97 Å². The van der Waals surface area contributed by atoms with E-state index in [9.17, 15) is 9.90 Å². The first kappa shape index (κ1) is 13.9. The maximum absolute atomic E-state index is 11.7. The minimum atomic E-state index is -0.525. The molecule has 0 radical (unpaired) electrons. The van der Waals surface area contributed by atoms with Crippen LogP contribution in [-0.4, -0.2) is 17.7 Å². The summed E-state index contributed by atoms with van der Waals surface area (Å²) in [6, 6.07) is 17.3. The Morgan fingerprint density at radius 2 is 1.65 bits per heavy atom. The molecule has 0 spiro atoms. The number of aliphatic hydroxyl groups excluding tert-OH is 1. The zero-order chi connectivity index (χ0) is 14.4. The van der Waals surface area contributed by atoms with Crippen molar-refractivity contribution in [2.24, 2.45) is 0 Å². The van der Waals surface area contributed by atoms with Crippen LogP contribution in [0.4, 0.5) is 0 Å². The lowest BCUT2D eigenvalue weighted by molar-refractivity contribution is -0.136. The molecule has 102 valence electrons. The minimum Gasteiger partial charge on any atom is -0.515 e. The van der Waals surface area contributed by atoms with Gasteiger partial charge in [0.2, 0.25) is 0 Å². The normalized spacial score (nSPS) is 11.2. The van der Waals surface area contributed by atoms with Crippen molar-refractivity contribution in [3.8, 4) is 11.1 Å². The zero-order valence-corrected chi connectivity index (χ0v) is 11.2. The van der Waals surface area contributed by atoms with E-state index in [0.29, 0.717) is 5.56 Å². The number of aliphatic hydroxyl groups is 1. The van der Waals surface area contributed by atoms with Crippen LogP contribution in [0.1, 0.15) is 12.5 Å². The smallest absolute Gasteiger partial charge is 0.341 e. The largest absolute Gasteiger partial charge is 0.515 e. The van der Waals surface area contributed by atoms with E-state index in [2.05, 4.69) is 0 Å². The summed E-state index contributed by atoms with van der Waals surface area (Å²) in [7, 11) is 0. The van der Waals surface area contributed by atoms with Gasteiger partial charge in [0.1, 0.15) is 5.57 Å². The van der Waals surface area contributed by atoms with Gasteiger partial charge in [0.25, 0.3) is 0 Å². The summed E-state index contributed by atoms with van der Waals surface area (Å²) in [5.41, 5.74) is 2.94. The molecule has 0 bridgehead atoms. The molecule has 0 aliphatic rings. The maximum Gasteiger partial charge on any atom is 0.341 e. The molecule has 2 aromatic carbocycles. The Bertz CT molecular complexity index is 598. The van der Waals surface area contributed by atoms with E-state index in [1.165, 1.54) is 0 Å². The summed E-state index contributed by atoms with van der Waals surface area (Å²) in [5, 5.41) is 9.20. The van der Waals surface area contributed by atoms with Crippen molar-refractivity contribution >= 4 is 11.5 Å². The Morgan fingerprint density at radius 3 is 2.20 bits per heavy atom. The summed E-state index contributed by atoms with van der Waals surface area (Å²) in [5.74, 6) is -0.525. The van der Waals surface area contributed by atoms with E-state index in [4.69, 9.17) is 4.74 Å². The first-order chi connectivity index (χ1) is 9.76. The molecule has 0 aliphatic carbocycles. The highest BCUT2D eigenvalue weighted by Crippen LogP contribution is 2.22. The monoisotopic (exact) mass is 268 g/mol. The molecule has 0 fully saturated rings. The second-order valence-corrected chi connectivity index (χ2v) is 4.21. The predicted molar refractivity (Wildman–Crippen MR) is 79.1 cm³/mol. The molecule has 0 unspecified atom stereocenters. The van der Waals surface area contributed by atoms with Gasteiger partial charge < -0.3 is 9.84 Å². The fourth-order valence-corrected chi connectivity index (χ4v) is 1.93. The van der Waals surface area contributed by atoms with Crippen LogP contribution >= 0.6 is 0 Å². The Kier molecular flexibility index (Phi) is 4.56. The lowest BCUT2D eigenvalue weighted by Crippen LogP contribution is -2.06. The Morgan fingerprint density at radius 1 is 1.05 bits per heavy atom. The Hall–Kier alpha value is -2.55. The van der Waals surface area contributed by atoms with Gasteiger partial charge in [-0.2, -0.15) is 0 Å². The lowest BCUT2D eigenvalue weighted by atomic mass is 10.0. The summed E-state index contributed by atoms with van der Waals surface area (Å²) in [6.45, 7) is 2.00. The summed E-state index contributed by atoms with van der Waals surface area (Å²) in [4.78, 5) is 11.7. The summed E-state index contributed by atoms with van der Waals surface area (Å²) < 4.78 is 4.90. The first-order valence-corrected chi connectivity index (χ1v) is 6.43. The van der Waals surface area contributed by atoms with E-state index >= 15 is 0 Å². The van der Waals surface area contributed by atoms with Gasteiger partial charge >= 0.3 is 5.97 Å². The van der Waals surface area contributed by atoms with Crippen LogP contribution < -0.4 is 0 Å². The highest BCUT2D eigenvalue weighted by atomic mass is 16.5. The Labute approximate surface area is 118 Å². The minimum absolute atomic E-state index is 0.159. The zero-order valence-electron chi connectivity index (χ0n) is 11.2. The van der Waals surface area contributed by atoms with E-state index in [1.807, 2.05) is 42.5 Å². The van der Waals surface area contributed by atoms with E-state index in [1.54, 1.807) is 19.1 Å². The molecular weight excluding hydrogens is 252 g/mol. The molecule has 3 heteroatoms. The van der Waals surface area contributed by atoms with Gasteiger partial charge in [0.15, 0.2) is 0 Å². The predicted octanol–water partition coefficient (Wildman–Crippen LogP) is 3.82. The fraction of sp³-hybridized carbons (Fsp3) is 0.118. The van der Waals surface area contributed by atoms with Crippen LogP contribution in [0.5, 0.6) is 0 Å². The molecule has 2 rings (SSSR count). The number of rotatable bonds is 4. The number of carbonyl (C=O) groups is 1. The molecule has 2 aromatic rings. The third kappa shape index (κ3) is 3.06. The van der Waals surface area contributed by atoms with E-state index in [0.717, 1.165) is 17.4 Å². The molecule has 0 heterocycles. The van der Waals surface area contributed by atoms with Gasteiger partial charge in [-0.3, -0.25) is 0 Å². The highest BCUT2D eigenvalue weighted by Gasteiger charge is 2.13. The van der Waals surface area contributed by atoms with Crippen LogP contribution in [0.15, 0.2) is 60.9 Å². The van der Waals surface area contributed by atoms with Gasteiger partial charge in [-0.05, 0) is 23.6 Å². The average molecular weight is 268 g/mol. The number of carbonyl (C=O) groups excluding carboxylic acids is 1.